The molecule has 0 fully saturated rings. The topological polar surface area (TPSA) is 75.3 Å². The van der Waals surface area contributed by atoms with Crippen LogP contribution in [0.2, 0.25) is 0 Å². The van der Waals surface area contributed by atoms with Crippen LogP contribution in [0.1, 0.15) is 24.1 Å². The van der Waals surface area contributed by atoms with Gasteiger partial charge in [0.1, 0.15) is 5.82 Å². The van der Waals surface area contributed by atoms with E-state index in [1.54, 1.807) is 24.3 Å². The van der Waals surface area contributed by atoms with Gasteiger partial charge in [-0.25, -0.2) is 12.8 Å². The Balaban J connectivity index is 1.61. The molecule has 3 aromatic rings. The van der Waals surface area contributed by atoms with Crippen molar-refractivity contribution in [1.29, 1.82) is 0 Å². The number of rotatable bonds is 7. The highest BCUT2D eigenvalue weighted by Crippen LogP contribution is 2.23. The van der Waals surface area contributed by atoms with Crippen molar-refractivity contribution in [3.63, 3.8) is 0 Å². The lowest BCUT2D eigenvalue weighted by molar-refractivity contribution is -0.121. The Morgan fingerprint density at radius 2 is 1.63 bits per heavy atom. The van der Waals surface area contributed by atoms with Crippen molar-refractivity contribution < 1.29 is 17.6 Å². The fraction of sp³-hybridized carbons (Fsp3) is 0.136. The first-order valence-corrected chi connectivity index (χ1v) is 11.4. The lowest BCUT2D eigenvalue weighted by Crippen LogP contribution is -2.28. The molecule has 1 unspecified atom stereocenters. The van der Waals surface area contributed by atoms with Crippen LogP contribution in [-0.4, -0.2) is 14.3 Å². The summed E-state index contributed by atoms with van der Waals surface area (Å²) in [6, 6.07) is 18.6. The summed E-state index contributed by atoms with van der Waals surface area (Å²) in [6.45, 7) is 1.91. The van der Waals surface area contributed by atoms with Crippen molar-refractivity contribution in [2.45, 2.75) is 24.3 Å². The van der Waals surface area contributed by atoms with E-state index in [0.717, 1.165) is 27.7 Å². The van der Waals surface area contributed by atoms with Gasteiger partial charge >= 0.3 is 0 Å². The van der Waals surface area contributed by atoms with Gasteiger partial charge in [0.2, 0.25) is 5.91 Å². The maximum absolute atomic E-state index is 13.0. The molecule has 8 heteroatoms. The van der Waals surface area contributed by atoms with Gasteiger partial charge < -0.3 is 5.32 Å². The Labute approximate surface area is 183 Å². The van der Waals surface area contributed by atoms with Crippen LogP contribution in [-0.2, 0) is 21.2 Å². The van der Waals surface area contributed by atoms with Crippen molar-refractivity contribution in [3.8, 4) is 0 Å². The third kappa shape index (κ3) is 5.67. The molecule has 0 aliphatic heterocycles. The minimum Gasteiger partial charge on any atom is -0.349 e. The maximum Gasteiger partial charge on any atom is 0.261 e. The predicted octanol–water partition coefficient (Wildman–Crippen LogP) is 4.81. The number of hydrogen-bond acceptors (Lipinski definition) is 3. The molecule has 3 rings (SSSR count). The van der Waals surface area contributed by atoms with E-state index in [1.165, 1.54) is 12.1 Å². The molecule has 0 saturated carbocycles. The molecular weight excluding hydrogens is 471 g/mol. The quantitative estimate of drug-likeness (QED) is 0.498. The SMILES string of the molecule is CC(NC(=O)Cc1ccc(NS(=O)(=O)c2ccc(F)cc2)cc1)c1ccccc1Br. The number of nitrogens with one attached hydrogen (secondary N) is 2. The zero-order chi connectivity index (χ0) is 21.7. The van der Waals surface area contributed by atoms with E-state index in [4.69, 9.17) is 0 Å². The summed E-state index contributed by atoms with van der Waals surface area (Å²) in [4.78, 5) is 12.3. The summed E-state index contributed by atoms with van der Waals surface area (Å²) in [5, 5.41) is 2.95. The molecule has 0 heterocycles. The van der Waals surface area contributed by atoms with Crippen molar-refractivity contribution in [2.24, 2.45) is 0 Å². The first-order chi connectivity index (χ1) is 14.2. The van der Waals surface area contributed by atoms with Crippen LogP contribution in [0.3, 0.4) is 0 Å². The van der Waals surface area contributed by atoms with E-state index >= 15 is 0 Å². The number of carbonyl (C=O) groups is 1. The maximum atomic E-state index is 13.0. The van der Waals surface area contributed by atoms with Crippen LogP contribution in [0.5, 0.6) is 0 Å². The Bertz CT molecular complexity index is 1130. The van der Waals surface area contributed by atoms with E-state index in [1.807, 2.05) is 31.2 Å². The second-order valence-electron chi connectivity index (χ2n) is 6.74. The second-order valence-corrected chi connectivity index (χ2v) is 9.28. The van der Waals surface area contributed by atoms with Crippen molar-refractivity contribution >= 4 is 37.5 Å². The van der Waals surface area contributed by atoms with Crippen LogP contribution in [0.15, 0.2) is 82.2 Å². The Kier molecular flexibility index (Phi) is 6.89. The zero-order valence-electron chi connectivity index (χ0n) is 16.1. The van der Waals surface area contributed by atoms with Gasteiger partial charge in [-0.05, 0) is 60.5 Å². The summed E-state index contributed by atoms with van der Waals surface area (Å²) >= 11 is 3.48. The van der Waals surface area contributed by atoms with Crippen molar-refractivity contribution in [2.75, 3.05) is 4.72 Å². The summed E-state index contributed by atoms with van der Waals surface area (Å²) in [6.07, 6.45) is 0.166. The summed E-state index contributed by atoms with van der Waals surface area (Å²) in [7, 11) is -3.82. The van der Waals surface area contributed by atoms with E-state index in [9.17, 15) is 17.6 Å². The number of sulfonamides is 1. The molecule has 0 aliphatic rings. The number of halogens is 2. The second kappa shape index (κ2) is 9.40. The molecule has 0 bridgehead atoms. The minimum atomic E-state index is -3.82. The van der Waals surface area contributed by atoms with Crippen LogP contribution in [0.25, 0.3) is 0 Å². The smallest absolute Gasteiger partial charge is 0.261 e. The first kappa shape index (κ1) is 22.0. The third-order valence-electron chi connectivity index (χ3n) is 4.44. The average Bonchev–Trinajstić information content (AvgIpc) is 2.70. The molecule has 5 nitrogen and oxygen atoms in total. The number of hydrogen-bond donors (Lipinski definition) is 2. The number of amides is 1. The molecule has 1 atom stereocenters. The summed E-state index contributed by atoms with van der Waals surface area (Å²) in [5.41, 5.74) is 2.08. The molecule has 0 spiro atoms. The monoisotopic (exact) mass is 490 g/mol. The molecule has 1 amide bonds. The molecule has 0 saturated heterocycles. The number of benzene rings is 3. The van der Waals surface area contributed by atoms with Crippen LogP contribution in [0.4, 0.5) is 10.1 Å². The van der Waals surface area contributed by atoms with Gasteiger partial charge in [0, 0.05) is 10.2 Å². The van der Waals surface area contributed by atoms with Crippen LogP contribution < -0.4 is 10.0 Å². The summed E-state index contributed by atoms with van der Waals surface area (Å²) in [5.74, 6) is -0.650. The Morgan fingerprint density at radius 3 is 2.27 bits per heavy atom. The van der Waals surface area contributed by atoms with Crippen LogP contribution >= 0.6 is 15.9 Å². The normalized spacial score (nSPS) is 12.2. The Morgan fingerprint density at radius 1 is 1.00 bits per heavy atom. The van der Waals surface area contributed by atoms with Gasteiger partial charge in [0.05, 0.1) is 17.4 Å². The molecule has 3 aromatic carbocycles. The van der Waals surface area contributed by atoms with E-state index in [2.05, 4.69) is 26.0 Å². The Hall–Kier alpha value is -2.71. The fourth-order valence-corrected chi connectivity index (χ4v) is 4.59. The van der Waals surface area contributed by atoms with Gasteiger partial charge in [-0.2, -0.15) is 0 Å². The van der Waals surface area contributed by atoms with Gasteiger partial charge in [0.15, 0.2) is 0 Å². The standard InChI is InChI=1S/C22H20BrFN2O3S/c1-15(20-4-2-3-5-21(20)23)25-22(27)14-16-6-10-18(11-7-16)26-30(28,29)19-12-8-17(24)9-13-19/h2-13,15,26H,14H2,1H3,(H,25,27). The molecule has 0 aromatic heterocycles. The number of anilines is 1. The molecule has 2 N–H and O–H groups in total. The predicted molar refractivity (Wildman–Crippen MR) is 118 cm³/mol. The highest BCUT2D eigenvalue weighted by atomic mass is 79.9. The lowest BCUT2D eigenvalue weighted by Gasteiger charge is -2.16. The highest BCUT2D eigenvalue weighted by molar-refractivity contribution is 9.10. The van der Waals surface area contributed by atoms with Crippen molar-refractivity contribution in [1.82, 2.24) is 5.32 Å². The van der Waals surface area contributed by atoms with Crippen LogP contribution in [0, 0.1) is 5.82 Å². The average molecular weight is 491 g/mol. The van der Waals surface area contributed by atoms with Gasteiger partial charge in [-0.3, -0.25) is 9.52 Å². The summed E-state index contributed by atoms with van der Waals surface area (Å²) < 4.78 is 41.1. The zero-order valence-corrected chi connectivity index (χ0v) is 18.5. The molecular formula is C22H20BrFN2O3S. The molecule has 0 radical (unpaired) electrons. The van der Waals surface area contributed by atoms with E-state index in [0.29, 0.717) is 5.69 Å². The highest BCUT2D eigenvalue weighted by Gasteiger charge is 2.15. The van der Waals surface area contributed by atoms with Crippen molar-refractivity contribution in [3.05, 3.63) is 94.2 Å². The third-order valence-corrected chi connectivity index (χ3v) is 6.56. The molecule has 0 aliphatic carbocycles. The lowest BCUT2D eigenvalue weighted by atomic mass is 10.1. The van der Waals surface area contributed by atoms with E-state index < -0.39 is 15.8 Å². The minimum absolute atomic E-state index is 0.0339. The fourth-order valence-electron chi connectivity index (χ4n) is 2.90. The van der Waals surface area contributed by atoms with Gasteiger partial charge in [-0.15, -0.1) is 0 Å². The number of carbonyl (C=O) groups excluding carboxylic acids is 1. The largest absolute Gasteiger partial charge is 0.349 e. The van der Waals surface area contributed by atoms with E-state index in [-0.39, 0.29) is 23.3 Å². The first-order valence-electron chi connectivity index (χ1n) is 9.16. The van der Waals surface area contributed by atoms with Gasteiger partial charge in [-0.1, -0.05) is 46.3 Å². The van der Waals surface area contributed by atoms with Gasteiger partial charge in [0.25, 0.3) is 10.0 Å². The molecule has 156 valence electrons. The molecule has 30 heavy (non-hydrogen) atoms.